The molecule has 0 saturated carbocycles. The molecule has 0 aromatic carbocycles. The van der Waals surface area contributed by atoms with Crippen molar-refractivity contribution in [3.8, 4) is 0 Å². The topological polar surface area (TPSA) is 18.5 Å². The Morgan fingerprint density at radius 1 is 1.38 bits per heavy atom. The maximum atomic E-state index is 5.29. The molecule has 0 radical (unpaired) electrons. The van der Waals surface area contributed by atoms with E-state index in [-0.39, 0.29) is 6.29 Å². The van der Waals surface area contributed by atoms with Crippen molar-refractivity contribution in [3.63, 3.8) is 0 Å². The predicted octanol–water partition coefficient (Wildman–Crippen LogP) is 2.60. The zero-order valence-corrected chi connectivity index (χ0v) is 9.04. The summed E-state index contributed by atoms with van der Waals surface area (Å²) in [5.41, 5.74) is 1.50. The minimum absolute atomic E-state index is 0.0423. The van der Waals surface area contributed by atoms with Crippen LogP contribution in [0.25, 0.3) is 0 Å². The third-order valence-electron chi connectivity index (χ3n) is 2.91. The van der Waals surface area contributed by atoms with E-state index < -0.39 is 0 Å². The standard InChI is InChI=1S/C11H20O2/c1-8-5-6-10(9(2)7-8)11(12-3)13-4/h7,9-11H,5-6H2,1-4H3. The largest absolute Gasteiger partial charge is 0.356 e. The molecule has 0 amide bonds. The van der Waals surface area contributed by atoms with E-state index in [1.165, 1.54) is 18.4 Å². The summed E-state index contributed by atoms with van der Waals surface area (Å²) in [6.45, 7) is 4.43. The summed E-state index contributed by atoms with van der Waals surface area (Å²) in [5.74, 6) is 1.08. The minimum Gasteiger partial charge on any atom is -0.356 e. The molecule has 2 nitrogen and oxygen atoms in total. The van der Waals surface area contributed by atoms with Crippen LogP contribution in [0.4, 0.5) is 0 Å². The van der Waals surface area contributed by atoms with Gasteiger partial charge in [-0.15, -0.1) is 0 Å². The van der Waals surface area contributed by atoms with Gasteiger partial charge in [0.2, 0.25) is 0 Å². The van der Waals surface area contributed by atoms with Gasteiger partial charge < -0.3 is 9.47 Å². The Balaban J connectivity index is 2.61. The van der Waals surface area contributed by atoms with Gasteiger partial charge in [-0.1, -0.05) is 18.6 Å². The zero-order chi connectivity index (χ0) is 9.84. The van der Waals surface area contributed by atoms with Gasteiger partial charge in [0.05, 0.1) is 0 Å². The fraction of sp³-hybridized carbons (Fsp3) is 0.818. The second-order valence-corrected chi connectivity index (χ2v) is 3.91. The van der Waals surface area contributed by atoms with Crippen molar-refractivity contribution in [2.24, 2.45) is 11.8 Å². The second kappa shape index (κ2) is 4.77. The molecule has 13 heavy (non-hydrogen) atoms. The molecule has 76 valence electrons. The first-order valence-electron chi connectivity index (χ1n) is 4.92. The van der Waals surface area contributed by atoms with Crippen LogP contribution in [-0.2, 0) is 9.47 Å². The van der Waals surface area contributed by atoms with Gasteiger partial charge in [-0.2, -0.15) is 0 Å². The molecule has 0 fully saturated rings. The highest BCUT2D eigenvalue weighted by Crippen LogP contribution is 2.31. The Morgan fingerprint density at radius 2 is 2.00 bits per heavy atom. The summed E-state index contributed by atoms with van der Waals surface area (Å²) in [6, 6.07) is 0. The lowest BCUT2D eigenvalue weighted by Crippen LogP contribution is -2.31. The highest BCUT2D eigenvalue weighted by molar-refractivity contribution is 5.06. The maximum Gasteiger partial charge on any atom is 0.160 e. The number of rotatable bonds is 3. The quantitative estimate of drug-likeness (QED) is 0.496. The van der Waals surface area contributed by atoms with E-state index in [4.69, 9.17) is 9.47 Å². The van der Waals surface area contributed by atoms with Gasteiger partial charge in [-0.05, 0) is 25.7 Å². The number of hydrogen-bond donors (Lipinski definition) is 0. The van der Waals surface area contributed by atoms with Crippen molar-refractivity contribution in [1.82, 2.24) is 0 Å². The van der Waals surface area contributed by atoms with Gasteiger partial charge in [-0.25, -0.2) is 0 Å². The molecule has 2 atom stereocenters. The van der Waals surface area contributed by atoms with Crippen molar-refractivity contribution in [3.05, 3.63) is 11.6 Å². The first-order chi connectivity index (χ1) is 6.19. The fourth-order valence-electron chi connectivity index (χ4n) is 2.14. The molecular formula is C11H20O2. The maximum absolute atomic E-state index is 5.29. The third kappa shape index (κ3) is 2.55. The Hall–Kier alpha value is -0.340. The molecule has 2 heteroatoms. The lowest BCUT2D eigenvalue weighted by Gasteiger charge is -2.31. The average Bonchev–Trinajstić information content (AvgIpc) is 2.10. The molecule has 2 unspecified atom stereocenters. The fourth-order valence-corrected chi connectivity index (χ4v) is 2.14. The number of methoxy groups -OCH3 is 2. The Labute approximate surface area is 80.9 Å². The molecule has 0 aliphatic heterocycles. The molecule has 1 aliphatic carbocycles. The van der Waals surface area contributed by atoms with Gasteiger partial charge in [0.15, 0.2) is 6.29 Å². The molecule has 1 aliphatic rings. The summed E-state index contributed by atoms with van der Waals surface area (Å²) in [7, 11) is 3.43. The van der Waals surface area contributed by atoms with Crippen molar-refractivity contribution in [2.45, 2.75) is 33.0 Å². The van der Waals surface area contributed by atoms with Crippen LogP contribution in [-0.4, -0.2) is 20.5 Å². The van der Waals surface area contributed by atoms with E-state index in [1.807, 2.05) is 0 Å². The van der Waals surface area contributed by atoms with Gasteiger partial charge in [0.25, 0.3) is 0 Å². The van der Waals surface area contributed by atoms with E-state index in [0.29, 0.717) is 11.8 Å². The summed E-state index contributed by atoms with van der Waals surface area (Å²) in [4.78, 5) is 0. The Kier molecular flexibility index (Phi) is 3.94. The first kappa shape index (κ1) is 10.7. The third-order valence-corrected chi connectivity index (χ3v) is 2.91. The van der Waals surface area contributed by atoms with Crippen LogP contribution < -0.4 is 0 Å². The van der Waals surface area contributed by atoms with Crippen molar-refractivity contribution >= 4 is 0 Å². The van der Waals surface area contributed by atoms with E-state index in [9.17, 15) is 0 Å². The summed E-state index contributed by atoms with van der Waals surface area (Å²) in [5, 5.41) is 0. The minimum atomic E-state index is -0.0423. The van der Waals surface area contributed by atoms with Gasteiger partial charge >= 0.3 is 0 Å². The molecule has 1 rings (SSSR count). The first-order valence-corrected chi connectivity index (χ1v) is 4.92. The van der Waals surface area contributed by atoms with Crippen LogP contribution in [0.5, 0.6) is 0 Å². The highest BCUT2D eigenvalue weighted by atomic mass is 16.7. The predicted molar refractivity (Wildman–Crippen MR) is 53.5 cm³/mol. The van der Waals surface area contributed by atoms with Crippen molar-refractivity contribution in [1.29, 1.82) is 0 Å². The summed E-state index contributed by atoms with van der Waals surface area (Å²) in [6.07, 6.45) is 4.65. The van der Waals surface area contributed by atoms with Crippen LogP contribution >= 0.6 is 0 Å². The monoisotopic (exact) mass is 184 g/mol. The molecule has 0 N–H and O–H groups in total. The molecule has 0 saturated heterocycles. The number of allylic oxidation sites excluding steroid dienone is 2. The zero-order valence-electron chi connectivity index (χ0n) is 9.04. The summed E-state index contributed by atoms with van der Waals surface area (Å²) < 4.78 is 10.6. The normalized spacial score (nSPS) is 29.2. The Bertz CT molecular complexity index is 183. The van der Waals surface area contributed by atoms with E-state index in [1.54, 1.807) is 14.2 Å². The van der Waals surface area contributed by atoms with Crippen molar-refractivity contribution < 1.29 is 9.47 Å². The van der Waals surface area contributed by atoms with Gasteiger partial charge in [0.1, 0.15) is 0 Å². The highest BCUT2D eigenvalue weighted by Gasteiger charge is 2.27. The van der Waals surface area contributed by atoms with Crippen LogP contribution in [0, 0.1) is 11.8 Å². The smallest absolute Gasteiger partial charge is 0.160 e. The van der Waals surface area contributed by atoms with Crippen LogP contribution in [0.15, 0.2) is 11.6 Å². The van der Waals surface area contributed by atoms with Crippen LogP contribution in [0.1, 0.15) is 26.7 Å². The molecule has 0 bridgehead atoms. The van der Waals surface area contributed by atoms with Gasteiger partial charge in [0, 0.05) is 20.1 Å². The van der Waals surface area contributed by atoms with E-state index in [0.717, 1.165) is 0 Å². The Morgan fingerprint density at radius 3 is 2.46 bits per heavy atom. The molecule has 0 aromatic heterocycles. The second-order valence-electron chi connectivity index (χ2n) is 3.91. The molecule has 0 heterocycles. The summed E-state index contributed by atoms with van der Waals surface area (Å²) >= 11 is 0. The van der Waals surface area contributed by atoms with Crippen LogP contribution in [0.2, 0.25) is 0 Å². The van der Waals surface area contributed by atoms with Crippen molar-refractivity contribution in [2.75, 3.05) is 14.2 Å². The van der Waals surface area contributed by atoms with E-state index in [2.05, 4.69) is 19.9 Å². The van der Waals surface area contributed by atoms with Gasteiger partial charge in [-0.3, -0.25) is 0 Å². The number of ether oxygens (including phenoxy) is 2. The lowest BCUT2D eigenvalue weighted by atomic mass is 9.82. The lowest BCUT2D eigenvalue weighted by molar-refractivity contribution is -0.147. The van der Waals surface area contributed by atoms with E-state index >= 15 is 0 Å². The number of hydrogen-bond acceptors (Lipinski definition) is 2. The molecule has 0 aromatic rings. The molecule has 0 spiro atoms. The van der Waals surface area contributed by atoms with Crippen LogP contribution in [0.3, 0.4) is 0 Å². The molecular weight excluding hydrogens is 164 g/mol. The SMILES string of the molecule is COC(OC)C1CCC(C)=CC1C. The average molecular weight is 184 g/mol.